The van der Waals surface area contributed by atoms with Crippen molar-refractivity contribution in [1.82, 2.24) is 5.32 Å². The predicted octanol–water partition coefficient (Wildman–Crippen LogP) is 0.548. The summed E-state index contributed by atoms with van der Waals surface area (Å²) in [6.45, 7) is 5.60. The summed E-state index contributed by atoms with van der Waals surface area (Å²) in [5.74, 6) is -0.290. The van der Waals surface area contributed by atoms with Crippen LogP contribution in [0.1, 0.15) is 31.1 Å². The summed E-state index contributed by atoms with van der Waals surface area (Å²) in [4.78, 5) is 11.8. The topological polar surface area (TPSA) is 69.6 Å². The van der Waals surface area contributed by atoms with Gasteiger partial charge >= 0.3 is 7.12 Å². The molecule has 1 aromatic rings. The lowest BCUT2D eigenvalue weighted by Crippen LogP contribution is -2.41. The van der Waals surface area contributed by atoms with Crippen molar-refractivity contribution in [2.24, 2.45) is 0 Å². The van der Waals surface area contributed by atoms with Crippen LogP contribution in [0.25, 0.3) is 0 Å². The molecule has 0 aliphatic carbocycles. The van der Waals surface area contributed by atoms with Crippen LogP contribution >= 0.6 is 11.6 Å². The van der Waals surface area contributed by atoms with Crippen LogP contribution in [0, 0.1) is 0 Å². The van der Waals surface area contributed by atoms with Gasteiger partial charge in [0, 0.05) is 5.54 Å². The highest BCUT2D eigenvalue weighted by Gasteiger charge is 2.19. The lowest BCUT2D eigenvalue weighted by atomic mass is 9.80. The quantitative estimate of drug-likeness (QED) is 0.676. The van der Waals surface area contributed by atoms with Crippen LogP contribution in [0.3, 0.4) is 0 Å². The third kappa shape index (κ3) is 4.04. The second kappa shape index (κ2) is 5.08. The Balaban J connectivity index is 2.96. The molecule has 0 heterocycles. The molecular formula is C11H15BClNO3. The van der Waals surface area contributed by atoms with E-state index in [9.17, 15) is 4.79 Å². The Hall–Kier alpha value is -1.04. The summed E-state index contributed by atoms with van der Waals surface area (Å²) in [6.07, 6.45) is 0. The highest BCUT2D eigenvalue weighted by atomic mass is 35.5. The van der Waals surface area contributed by atoms with Crippen molar-refractivity contribution < 1.29 is 14.8 Å². The molecule has 0 spiro atoms. The number of carbonyl (C=O) groups excluding carboxylic acids is 1. The second-order valence-electron chi connectivity index (χ2n) is 4.82. The van der Waals surface area contributed by atoms with Gasteiger partial charge in [0.05, 0.1) is 10.6 Å². The van der Waals surface area contributed by atoms with E-state index in [4.69, 9.17) is 21.6 Å². The van der Waals surface area contributed by atoms with Gasteiger partial charge in [-0.1, -0.05) is 17.7 Å². The average Bonchev–Trinajstić information content (AvgIpc) is 2.14. The van der Waals surface area contributed by atoms with Gasteiger partial charge in [0.15, 0.2) is 0 Å². The summed E-state index contributed by atoms with van der Waals surface area (Å²) in [6, 6.07) is 4.29. The maximum absolute atomic E-state index is 11.8. The van der Waals surface area contributed by atoms with Crippen molar-refractivity contribution in [3.63, 3.8) is 0 Å². The lowest BCUT2D eigenvalue weighted by Gasteiger charge is -2.21. The van der Waals surface area contributed by atoms with Gasteiger partial charge in [-0.2, -0.15) is 0 Å². The minimum Gasteiger partial charge on any atom is -0.423 e. The van der Waals surface area contributed by atoms with Gasteiger partial charge in [0.25, 0.3) is 5.91 Å². The Morgan fingerprint density at radius 1 is 1.35 bits per heavy atom. The molecule has 4 nitrogen and oxygen atoms in total. The molecule has 0 unspecified atom stereocenters. The molecule has 92 valence electrons. The van der Waals surface area contributed by atoms with Crippen LogP contribution in [0.2, 0.25) is 5.02 Å². The number of halogens is 1. The van der Waals surface area contributed by atoms with Gasteiger partial charge in [0.1, 0.15) is 0 Å². The molecule has 0 saturated carbocycles. The molecule has 0 aliphatic heterocycles. The molecule has 3 N–H and O–H groups in total. The molecule has 0 atom stereocenters. The minimum absolute atomic E-state index is 0.192. The van der Waals surface area contributed by atoms with Gasteiger partial charge in [0.2, 0.25) is 0 Å². The van der Waals surface area contributed by atoms with Crippen LogP contribution in [-0.4, -0.2) is 28.6 Å². The molecule has 0 saturated heterocycles. The Kier molecular flexibility index (Phi) is 4.19. The molecule has 6 heteroatoms. The molecule has 0 aromatic heterocycles. The first kappa shape index (κ1) is 14.0. The van der Waals surface area contributed by atoms with Gasteiger partial charge in [-0.15, -0.1) is 0 Å². The fourth-order valence-corrected chi connectivity index (χ4v) is 1.56. The maximum Gasteiger partial charge on any atom is 0.488 e. The minimum atomic E-state index is -1.59. The van der Waals surface area contributed by atoms with Crippen LogP contribution in [0.5, 0.6) is 0 Å². The summed E-state index contributed by atoms with van der Waals surface area (Å²) in [5, 5.41) is 20.9. The van der Waals surface area contributed by atoms with Crippen LogP contribution in [0.4, 0.5) is 0 Å². The molecule has 0 fully saturated rings. The standard InChI is InChI=1S/C11H15BClNO3/c1-11(2,3)14-10(15)8-5-4-7(12(16)17)6-9(8)13/h4-6,16-17H,1-3H3,(H,14,15). The maximum atomic E-state index is 11.8. The van der Waals surface area contributed by atoms with E-state index in [0.717, 1.165) is 0 Å². The first-order valence-corrected chi connectivity index (χ1v) is 5.56. The van der Waals surface area contributed by atoms with Gasteiger partial charge < -0.3 is 15.4 Å². The van der Waals surface area contributed by atoms with Crippen LogP contribution in [0.15, 0.2) is 18.2 Å². The second-order valence-corrected chi connectivity index (χ2v) is 5.22. The summed E-state index contributed by atoms with van der Waals surface area (Å²) in [5.41, 5.74) is 0.212. The monoisotopic (exact) mass is 255 g/mol. The highest BCUT2D eigenvalue weighted by Crippen LogP contribution is 2.15. The van der Waals surface area contributed by atoms with E-state index in [1.54, 1.807) is 0 Å². The van der Waals surface area contributed by atoms with E-state index in [-0.39, 0.29) is 21.9 Å². The SMILES string of the molecule is CC(C)(C)NC(=O)c1ccc(B(O)O)cc1Cl. The molecule has 1 amide bonds. The first-order chi connectivity index (χ1) is 7.70. The van der Waals surface area contributed by atoms with Crippen molar-refractivity contribution in [1.29, 1.82) is 0 Å². The zero-order chi connectivity index (χ0) is 13.2. The first-order valence-electron chi connectivity index (χ1n) is 5.19. The fourth-order valence-electron chi connectivity index (χ4n) is 1.28. The van der Waals surface area contributed by atoms with E-state index < -0.39 is 7.12 Å². The third-order valence-corrected chi connectivity index (χ3v) is 2.34. The Labute approximate surface area is 106 Å². The number of hydrogen-bond donors (Lipinski definition) is 3. The number of carbonyl (C=O) groups is 1. The van der Waals surface area contributed by atoms with Crippen molar-refractivity contribution >= 4 is 30.1 Å². The van der Waals surface area contributed by atoms with Crippen molar-refractivity contribution in [3.8, 4) is 0 Å². The van der Waals surface area contributed by atoms with Crippen LogP contribution < -0.4 is 10.8 Å². The molecule has 0 aliphatic rings. The fraction of sp³-hybridized carbons (Fsp3) is 0.364. The lowest BCUT2D eigenvalue weighted by molar-refractivity contribution is 0.0919. The Morgan fingerprint density at radius 2 is 1.94 bits per heavy atom. The number of amides is 1. The molecule has 0 bridgehead atoms. The average molecular weight is 256 g/mol. The van der Waals surface area contributed by atoms with Gasteiger partial charge in [-0.05, 0) is 38.4 Å². The zero-order valence-corrected chi connectivity index (χ0v) is 10.7. The van der Waals surface area contributed by atoms with E-state index in [2.05, 4.69) is 5.32 Å². The molecule has 1 aromatic carbocycles. The number of benzene rings is 1. The summed E-state index contributed by atoms with van der Waals surface area (Å²) >= 11 is 5.91. The van der Waals surface area contributed by atoms with Crippen molar-refractivity contribution in [2.45, 2.75) is 26.3 Å². The molecule has 17 heavy (non-hydrogen) atoms. The van der Waals surface area contributed by atoms with Gasteiger partial charge in [-0.25, -0.2) is 0 Å². The number of rotatable bonds is 2. The zero-order valence-electron chi connectivity index (χ0n) is 9.99. The molecular weight excluding hydrogens is 240 g/mol. The van der Waals surface area contributed by atoms with Crippen LogP contribution in [-0.2, 0) is 0 Å². The third-order valence-electron chi connectivity index (χ3n) is 2.02. The Bertz CT molecular complexity index is 429. The summed E-state index contributed by atoms with van der Waals surface area (Å²) in [7, 11) is -1.59. The summed E-state index contributed by atoms with van der Waals surface area (Å²) < 4.78 is 0. The Morgan fingerprint density at radius 3 is 2.35 bits per heavy atom. The normalized spacial score (nSPS) is 11.2. The molecule has 1 rings (SSSR count). The van der Waals surface area contributed by atoms with Crippen molar-refractivity contribution in [2.75, 3.05) is 0 Å². The number of nitrogens with one attached hydrogen (secondary N) is 1. The largest absolute Gasteiger partial charge is 0.488 e. The van der Waals surface area contributed by atoms with E-state index in [1.807, 2.05) is 20.8 Å². The van der Waals surface area contributed by atoms with E-state index in [0.29, 0.717) is 5.56 Å². The van der Waals surface area contributed by atoms with Crippen molar-refractivity contribution in [3.05, 3.63) is 28.8 Å². The highest BCUT2D eigenvalue weighted by molar-refractivity contribution is 6.59. The molecule has 0 radical (unpaired) electrons. The number of hydrogen-bond acceptors (Lipinski definition) is 3. The van der Waals surface area contributed by atoms with Gasteiger partial charge in [-0.3, -0.25) is 4.79 Å². The van der Waals surface area contributed by atoms with E-state index in [1.165, 1.54) is 18.2 Å². The smallest absolute Gasteiger partial charge is 0.423 e. The predicted molar refractivity (Wildman–Crippen MR) is 68.5 cm³/mol. The van der Waals surface area contributed by atoms with E-state index >= 15 is 0 Å².